The van der Waals surface area contributed by atoms with Gasteiger partial charge in [-0.3, -0.25) is 9.69 Å². The molecule has 1 aromatic heterocycles. The number of fused-ring (bicyclic) bond motifs is 1. The van der Waals surface area contributed by atoms with Crippen LogP contribution in [0.5, 0.6) is 0 Å². The number of likely N-dealkylation sites (N-methyl/N-ethyl adjacent to an activating group) is 1. The quantitative estimate of drug-likeness (QED) is 0.422. The third kappa shape index (κ3) is 6.06. The lowest BCUT2D eigenvalue weighted by molar-refractivity contribution is -0.118. The van der Waals surface area contributed by atoms with Gasteiger partial charge in [0.05, 0.1) is 16.6 Å². The number of thiazole rings is 1. The molecule has 4 nitrogen and oxygen atoms in total. The van der Waals surface area contributed by atoms with Crippen LogP contribution in [0.2, 0.25) is 0 Å². The summed E-state index contributed by atoms with van der Waals surface area (Å²) in [7, 11) is 0. The number of benzene rings is 2. The molecule has 0 N–H and O–H groups in total. The van der Waals surface area contributed by atoms with Crippen molar-refractivity contribution < 1.29 is 4.79 Å². The molecular formula is C25H34ClN3OS. The molecule has 0 spiro atoms. The lowest BCUT2D eigenvalue weighted by Gasteiger charge is -2.25. The van der Waals surface area contributed by atoms with E-state index in [4.69, 9.17) is 4.98 Å². The average Bonchev–Trinajstić information content (AvgIpc) is 3.10. The Balaban J connectivity index is 0.00000341. The van der Waals surface area contributed by atoms with Gasteiger partial charge in [0.2, 0.25) is 5.91 Å². The molecule has 31 heavy (non-hydrogen) atoms. The van der Waals surface area contributed by atoms with Gasteiger partial charge < -0.3 is 4.90 Å². The molecule has 0 fully saturated rings. The first-order chi connectivity index (χ1) is 14.3. The highest BCUT2D eigenvalue weighted by molar-refractivity contribution is 7.22. The van der Waals surface area contributed by atoms with Crippen molar-refractivity contribution in [3.8, 4) is 0 Å². The van der Waals surface area contributed by atoms with E-state index in [0.717, 1.165) is 40.5 Å². The molecule has 0 unspecified atom stereocenters. The zero-order chi connectivity index (χ0) is 21.8. The molecule has 168 valence electrons. The van der Waals surface area contributed by atoms with Crippen molar-refractivity contribution in [1.29, 1.82) is 0 Å². The highest BCUT2D eigenvalue weighted by Gasteiger charge is 2.22. The number of nitrogens with zero attached hydrogens (tertiary/aromatic N) is 3. The lowest BCUT2D eigenvalue weighted by Crippen LogP contribution is -2.39. The minimum atomic E-state index is 0. The van der Waals surface area contributed by atoms with Crippen LogP contribution in [0.3, 0.4) is 0 Å². The van der Waals surface area contributed by atoms with Gasteiger partial charge in [-0.2, -0.15) is 0 Å². The fraction of sp³-hybridized carbons (Fsp3) is 0.440. The Labute approximate surface area is 196 Å². The van der Waals surface area contributed by atoms with E-state index in [1.807, 2.05) is 11.0 Å². The topological polar surface area (TPSA) is 36.4 Å². The Hall–Kier alpha value is -1.95. The van der Waals surface area contributed by atoms with E-state index in [1.165, 1.54) is 22.3 Å². The third-order valence-corrected chi connectivity index (χ3v) is 6.81. The summed E-state index contributed by atoms with van der Waals surface area (Å²) in [5.41, 5.74) is 6.92. The van der Waals surface area contributed by atoms with Crippen molar-refractivity contribution in [2.24, 2.45) is 0 Å². The number of carbonyl (C=O) groups is 1. The van der Waals surface area contributed by atoms with Crippen molar-refractivity contribution in [1.82, 2.24) is 9.88 Å². The van der Waals surface area contributed by atoms with Gasteiger partial charge in [-0.05, 0) is 75.2 Å². The molecular weight excluding hydrogens is 426 g/mol. The molecule has 0 aliphatic rings. The molecule has 0 bridgehead atoms. The zero-order valence-electron chi connectivity index (χ0n) is 19.5. The van der Waals surface area contributed by atoms with Crippen molar-refractivity contribution in [3.63, 3.8) is 0 Å². The van der Waals surface area contributed by atoms with Crippen LogP contribution >= 0.6 is 23.7 Å². The number of anilines is 1. The number of rotatable bonds is 8. The predicted molar refractivity (Wildman–Crippen MR) is 136 cm³/mol. The molecule has 6 heteroatoms. The SMILES string of the molecule is CCN(CC)CCN(C(=O)Cc1c(C)cc(C)cc1C)c1nc2ccc(C)cc2s1.Cl. The Bertz CT molecular complexity index is 1020. The van der Waals surface area contributed by atoms with Crippen LogP contribution in [-0.2, 0) is 11.2 Å². The highest BCUT2D eigenvalue weighted by Crippen LogP contribution is 2.30. The molecule has 1 amide bonds. The first-order valence-corrected chi connectivity index (χ1v) is 11.6. The number of amides is 1. The van der Waals surface area contributed by atoms with Crippen LogP contribution in [0.4, 0.5) is 5.13 Å². The molecule has 2 aromatic carbocycles. The van der Waals surface area contributed by atoms with Gasteiger partial charge >= 0.3 is 0 Å². The first kappa shape index (κ1) is 25.3. The monoisotopic (exact) mass is 459 g/mol. The molecule has 3 aromatic rings. The Kier molecular flexibility index (Phi) is 9.04. The van der Waals surface area contributed by atoms with Crippen LogP contribution in [0.15, 0.2) is 30.3 Å². The Morgan fingerprint density at radius 3 is 2.19 bits per heavy atom. The smallest absolute Gasteiger partial charge is 0.233 e. The Morgan fingerprint density at radius 2 is 1.58 bits per heavy atom. The standard InChI is InChI=1S/C25H33N3OS.ClH/c1-7-27(8-2)11-12-28(25-26-22-10-9-17(3)15-23(22)30-25)24(29)16-21-19(5)13-18(4)14-20(21)6;/h9-10,13-15H,7-8,11-12,16H2,1-6H3;1H. The van der Waals surface area contributed by atoms with E-state index in [-0.39, 0.29) is 18.3 Å². The first-order valence-electron chi connectivity index (χ1n) is 10.8. The minimum Gasteiger partial charge on any atom is -0.302 e. The summed E-state index contributed by atoms with van der Waals surface area (Å²) in [5, 5.41) is 0.801. The van der Waals surface area contributed by atoms with Gasteiger partial charge in [0.25, 0.3) is 0 Å². The van der Waals surface area contributed by atoms with E-state index in [1.54, 1.807) is 11.3 Å². The Morgan fingerprint density at radius 1 is 0.935 bits per heavy atom. The second-order valence-electron chi connectivity index (χ2n) is 8.09. The second kappa shape index (κ2) is 11.1. The van der Waals surface area contributed by atoms with Crippen LogP contribution < -0.4 is 4.90 Å². The van der Waals surface area contributed by atoms with Gasteiger partial charge in [-0.1, -0.05) is 48.9 Å². The summed E-state index contributed by atoms with van der Waals surface area (Å²) >= 11 is 1.61. The number of carbonyl (C=O) groups excluding carboxylic acids is 1. The van der Waals surface area contributed by atoms with Gasteiger partial charge in [-0.15, -0.1) is 12.4 Å². The number of halogens is 1. The molecule has 0 aliphatic heterocycles. The number of hydrogen-bond donors (Lipinski definition) is 0. The van der Waals surface area contributed by atoms with Gasteiger partial charge in [-0.25, -0.2) is 4.98 Å². The number of aryl methyl sites for hydroxylation is 4. The van der Waals surface area contributed by atoms with Crippen molar-refractivity contribution in [2.75, 3.05) is 31.1 Å². The number of aromatic nitrogens is 1. The van der Waals surface area contributed by atoms with Gasteiger partial charge in [0.15, 0.2) is 5.13 Å². The molecule has 3 rings (SSSR count). The van der Waals surface area contributed by atoms with Gasteiger partial charge in [0, 0.05) is 13.1 Å². The largest absolute Gasteiger partial charge is 0.302 e. The number of hydrogen-bond acceptors (Lipinski definition) is 4. The molecule has 0 saturated carbocycles. The maximum Gasteiger partial charge on any atom is 0.233 e. The average molecular weight is 460 g/mol. The van der Waals surface area contributed by atoms with Crippen LogP contribution in [0, 0.1) is 27.7 Å². The van der Waals surface area contributed by atoms with Gasteiger partial charge in [0.1, 0.15) is 0 Å². The van der Waals surface area contributed by atoms with Crippen LogP contribution in [-0.4, -0.2) is 42.0 Å². The fourth-order valence-corrected chi connectivity index (χ4v) is 5.09. The highest BCUT2D eigenvalue weighted by atomic mass is 35.5. The maximum absolute atomic E-state index is 13.5. The predicted octanol–water partition coefficient (Wildman–Crippen LogP) is 5.87. The van der Waals surface area contributed by atoms with Crippen LogP contribution in [0.25, 0.3) is 10.2 Å². The zero-order valence-corrected chi connectivity index (χ0v) is 21.1. The molecule has 0 saturated heterocycles. The summed E-state index contributed by atoms with van der Waals surface area (Å²) in [6, 6.07) is 10.6. The van der Waals surface area contributed by atoms with E-state index in [2.05, 4.69) is 70.7 Å². The van der Waals surface area contributed by atoms with E-state index >= 15 is 0 Å². The van der Waals surface area contributed by atoms with Crippen LogP contribution in [0.1, 0.15) is 41.7 Å². The third-order valence-electron chi connectivity index (χ3n) is 5.77. The van der Waals surface area contributed by atoms with Crippen molar-refractivity contribution in [2.45, 2.75) is 48.0 Å². The lowest BCUT2D eigenvalue weighted by atomic mass is 9.97. The molecule has 1 heterocycles. The fourth-order valence-electron chi connectivity index (χ4n) is 3.98. The molecule has 0 radical (unpaired) electrons. The van der Waals surface area contributed by atoms with Crippen molar-refractivity contribution in [3.05, 3.63) is 58.1 Å². The maximum atomic E-state index is 13.5. The van der Waals surface area contributed by atoms with Crippen molar-refractivity contribution >= 4 is 45.0 Å². The second-order valence-corrected chi connectivity index (χ2v) is 9.10. The van der Waals surface area contributed by atoms with E-state index in [0.29, 0.717) is 13.0 Å². The molecule has 0 aliphatic carbocycles. The van der Waals surface area contributed by atoms with E-state index < -0.39 is 0 Å². The van der Waals surface area contributed by atoms with E-state index in [9.17, 15) is 4.79 Å². The summed E-state index contributed by atoms with van der Waals surface area (Å²) in [5.74, 6) is 0.119. The summed E-state index contributed by atoms with van der Waals surface area (Å²) in [6.45, 7) is 16.2. The normalized spacial score (nSPS) is 11.1. The minimum absolute atomic E-state index is 0. The summed E-state index contributed by atoms with van der Waals surface area (Å²) in [6.07, 6.45) is 0.408. The summed E-state index contributed by atoms with van der Waals surface area (Å²) < 4.78 is 1.13. The molecule has 0 atom stereocenters. The summed E-state index contributed by atoms with van der Waals surface area (Å²) in [4.78, 5) is 22.6.